The number of hydrogen-bond donors (Lipinski definition) is 2. The largest absolute Gasteiger partial charge is 0.434 e. The van der Waals surface area contributed by atoms with Crippen LogP contribution in [0.3, 0.4) is 0 Å². The average Bonchev–Trinajstić information content (AvgIpc) is 2.82. The van der Waals surface area contributed by atoms with Gasteiger partial charge >= 0.3 is 6.61 Å². The van der Waals surface area contributed by atoms with Gasteiger partial charge in [0.15, 0.2) is 0 Å². The first kappa shape index (κ1) is 19.3. The Morgan fingerprint density at radius 1 is 1.44 bits per heavy atom. The number of benzene rings is 1. The number of ether oxygens (including phenoxy) is 1. The van der Waals surface area contributed by atoms with E-state index in [1.807, 2.05) is 0 Å². The molecule has 0 aromatic heterocycles. The second-order valence-corrected chi connectivity index (χ2v) is 6.43. The topological polar surface area (TPSA) is 78.9 Å². The Bertz CT molecular complexity index is 713. The fourth-order valence-corrected chi connectivity index (χ4v) is 3.22. The van der Waals surface area contributed by atoms with Crippen LogP contribution in [0.1, 0.15) is 5.56 Å². The molecule has 1 aliphatic heterocycles. The summed E-state index contributed by atoms with van der Waals surface area (Å²) in [6.45, 7) is -3.41. The highest BCUT2D eigenvalue weighted by atomic mass is 32.2. The zero-order chi connectivity index (χ0) is 18.4. The Kier molecular flexibility index (Phi) is 6.85. The fourth-order valence-electron chi connectivity index (χ4n) is 1.98. The Labute approximate surface area is 151 Å². The van der Waals surface area contributed by atoms with Gasteiger partial charge in [0.05, 0.1) is 11.5 Å². The van der Waals surface area contributed by atoms with E-state index in [2.05, 4.69) is 10.1 Å². The summed E-state index contributed by atoms with van der Waals surface area (Å²) < 4.78 is 29.5. The van der Waals surface area contributed by atoms with E-state index in [0.717, 1.165) is 16.7 Å². The van der Waals surface area contributed by atoms with Crippen LogP contribution in [0.5, 0.6) is 5.75 Å². The van der Waals surface area contributed by atoms with Gasteiger partial charge in [0.2, 0.25) is 5.91 Å². The molecule has 1 aromatic carbocycles. The molecule has 25 heavy (non-hydrogen) atoms. The highest BCUT2D eigenvalue weighted by Gasteiger charge is 2.33. The van der Waals surface area contributed by atoms with Gasteiger partial charge in [0.25, 0.3) is 5.91 Å². The van der Waals surface area contributed by atoms with Gasteiger partial charge in [-0.05, 0) is 12.1 Å². The summed E-state index contributed by atoms with van der Waals surface area (Å²) in [6, 6.07) is 6.04. The van der Waals surface area contributed by atoms with Crippen molar-refractivity contribution in [2.45, 2.75) is 6.61 Å². The summed E-state index contributed by atoms with van der Waals surface area (Å²) in [6.07, 6.45) is 1.39. The lowest BCUT2D eigenvalue weighted by atomic mass is 10.2. The minimum Gasteiger partial charge on any atom is -0.434 e. The number of halogens is 2. The molecule has 1 aromatic rings. The normalized spacial score (nSPS) is 16.0. The molecule has 0 unspecified atom stereocenters. The molecule has 1 fully saturated rings. The maximum absolute atomic E-state index is 12.5. The van der Waals surface area contributed by atoms with Crippen LogP contribution in [0.2, 0.25) is 0 Å². The number of alkyl halides is 2. The van der Waals surface area contributed by atoms with E-state index < -0.39 is 18.4 Å². The number of rotatable bonds is 7. The summed E-state index contributed by atoms with van der Waals surface area (Å²) >= 11 is 6.06. The van der Waals surface area contributed by atoms with Crippen molar-refractivity contribution in [1.29, 1.82) is 0 Å². The molecule has 134 valence electrons. The minimum absolute atomic E-state index is 0.0662. The number of thiocarbonyl (C=S) groups is 1. The molecule has 0 aliphatic carbocycles. The predicted octanol–water partition coefficient (Wildman–Crippen LogP) is 1.60. The van der Waals surface area contributed by atoms with Gasteiger partial charge < -0.3 is 15.2 Å². The summed E-state index contributed by atoms with van der Waals surface area (Å²) in [5.41, 5.74) is 0.299. The van der Waals surface area contributed by atoms with Crippen LogP contribution in [0.15, 0.2) is 29.2 Å². The molecule has 10 heteroatoms. The number of hydrogen-bond acceptors (Lipinski definition) is 6. The molecule has 0 bridgehead atoms. The first-order valence-electron chi connectivity index (χ1n) is 7.09. The van der Waals surface area contributed by atoms with Crippen LogP contribution >= 0.6 is 24.0 Å². The molecule has 2 N–H and O–H groups in total. The Hall–Kier alpha value is -2.04. The van der Waals surface area contributed by atoms with E-state index in [0.29, 0.717) is 5.56 Å². The smallest absolute Gasteiger partial charge is 0.387 e. The number of amides is 2. The van der Waals surface area contributed by atoms with E-state index in [4.69, 9.17) is 17.3 Å². The highest BCUT2D eigenvalue weighted by molar-refractivity contribution is 8.26. The number of aliphatic hydroxyl groups is 1. The first-order chi connectivity index (χ1) is 11.9. The molecular weight excluding hydrogens is 374 g/mol. The van der Waals surface area contributed by atoms with Gasteiger partial charge in [0.1, 0.15) is 16.6 Å². The summed E-state index contributed by atoms with van der Waals surface area (Å²) in [7, 11) is 0. The monoisotopic (exact) mass is 388 g/mol. The molecule has 0 saturated carbocycles. The van der Waals surface area contributed by atoms with E-state index in [-0.39, 0.29) is 34.7 Å². The van der Waals surface area contributed by atoms with E-state index in [9.17, 15) is 18.4 Å². The van der Waals surface area contributed by atoms with Crippen molar-refractivity contribution < 1.29 is 28.2 Å². The second-order valence-electron chi connectivity index (χ2n) is 4.76. The standard InChI is InChI=1S/C15H14F2N2O4S2/c16-14(17)23-10-4-2-1-3-9(10)7-11-13(22)19(15(24)25-11)8-12(21)18-5-6-20/h1-4,7,14,20H,5-6,8H2,(H,18,21)/b11-7-. The summed E-state index contributed by atoms with van der Waals surface area (Å²) in [5.74, 6) is -1.03. The van der Waals surface area contributed by atoms with E-state index >= 15 is 0 Å². The average molecular weight is 388 g/mol. The number of carbonyl (C=O) groups excluding carboxylic acids is 2. The maximum Gasteiger partial charge on any atom is 0.387 e. The van der Waals surface area contributed by atoms with Crippen molar-refractivity contribution in [2.75, 3.05) is 19.7 Å². The number of nitrogens with one attached hydrogen (secondary N) is 1. The third-order valence-electron chi connectivity index (χ3n) is 3.03. The molecule has 0 spiro atoms. The molecule has 1 saturated heterocycles. The zero-order valence-electron chi connectivity index (χ0n) is 12.8. The van der Waals surface area contributed by atoms with E-state index in [1.165, 1.54) is 24.3 Å². The van der Waals surface area contributed by atoms with Crippen LogP contribution in [-0.4, -0.2) is 52.4 Å². The van der Waals surface area contributed by atoms with Gasteiger partial charge in [-0.25, -0.2) is 0 Å². The number of para-hydroxylation sites is 1. The molecule has 1 aliphatic rings. The third-order valence-corrected chi connectivity index (χ3v) is 4.41. The summed E-state index contributed by atoms with van der Waals surface area (Å²) in [5, 5.41) is 11.1. The lowest BCUT2D eigenvalue weighted by molar-refractivity contribution is -0.128. The van der Waals surface area contributed by atoms with Crippen molar-refractivity contribution in [1.82, 2.24) is 10.2 Å². The van der Waals surface area contributed by atoms with Crippen LogP contribution in [-0.2, 0) is 9.59 Å². The van der Waals surface area contributed by atoms with Crippen molar-refractivity contribution in [2.24, 2.45) is 0 Å². The third kappa shape index (κ3) is 5.21. The predicted molar refractivity (Wildman–Crippen MR) is 93.0 cm³/mol. The molecule has 0 radical (unpaired) electrons. The van der Waals surface area contributed by atoms with Crippen molar-refractivity contribution in [3.05, 3.63) is 34.7 Å². The molecule has 0 atom stereocenters. The number of nitrogens with zero attached hydrogens (tertiary/aromatic N) is 1. The Morgan fingerprint density at radius 3 is 2.84 bits per heavy atom. The van der Waals surface area contributed by atoms with Gasteiger partial charge in [-0.3, -0.25) is 14.5 Å². The molecular formula is C15H14F2N2O4S2. The van der Waals surface area contributed by atoms with Crippen LogP contribution in [0, 0.1) is 0 Å². The minimum atomic E-state index is -2.99. The lowest BCUT2D eigenvalue weighted by Gasteiger charge is -2.13. The van der Waals surface area contributed by atoms with E-state index in [1.54, 1.807) is 6.07 Å². The second kappa shape index (κ2) is 8.88. The molecule has 6 nitrogen and oxygen atoms in total. The fraction of sp³-hybridized carbons (Fsp3) is 0.267. The van der Waals surface area contributed by atoms with Crippen LogP contribution in [0.25, 0.3) is 6.08 Å². The van der Waals surface area contributed by atoms with Crippen LogP contribution < -0.4 is 10.1 Å². The Morgan fingerprint density at radius 2 is 2.16 bits per heavy atom. The number of thioether (sulfide) groups is 1. The van der Waals surface area contributed by atoms with Gasteiger partial charge in [-0.1, -0.05) is 42.2 Å². The van der Waals surface area contributed by atoms with Gasteiger partial charge in [-0.15, -0.1) is 0 Å². The Balaban J connectivity index is 2.16. The van der Waals surface area contributed by atoms with Crippen LogP contribution in [0.4, 0.5) is 8.78 Å². The summed E-state index contributed by atoms with van der Waals surface area (Å²) in [4.78, 5) is 25.4. The lowest BCUT2D eigenvalue weighted by Crippen LogP contribution is -2.40. The van der Waals surface area contributed by atoms with Crippen molar-refractivity contribution in [3.63, 3.8) is 0 Å². The first-order valence-corrected chi connectivity index (χ1v) is 8.31. The zero-order valence-corrected chi connectivity index (χ0v) is 14.4. The maximum atomic E-state index is 12.5. The van der Waals surface area contributed by atoms with Gasteiger partial charge in [-0.2, -0.15) is 8.78 Å². The quantitative estimate of drug-likeness (QED) is 0.546. The molecule has 2 amide bonds. The van der Waals surface area contributed by atoms with Crippen molar-refractivity contribution >= 4 is 46.2 Å². The molecule has 1 heterocycles. The van der Waals surface area contributed by atoms with Crippen molar-refractivity contribution in [3.8, 4) is 5.75 Å². The number of aliphatic hydroxyl groups excluding tert-OH is 1. The number of carbonyl (C=O) groups is 2. The highest BCUT2D eigenvalue weighted by Crippen LogP contribution is 2.34. The SMILES string of the molecule is O=C(CN1C(=O)/C(=C/c2ccccc2OC(F)F)SC1=S)NCCO. The molecule has 2 rings (SSSR count). The van der Waals surface area contributed by atoms with Gasteiger partial charge in [0, 0.05) is 12.1 Å².